The summed E-state index contributed by atoms with van der Waals surface area (Å²) in [4.78, 5) is 13.0. The van der Waals surface area contributed by atoms with Crippen molar-refractivity contribution < 1.29 is 14.1 Å². The number of alkyl halides is 3. The SMILES string of the molecule is C[NH+](Cc1ccccc1)C(NC(=O)c1ccco1)C(Cl)(Cl)Cl. The minimum Gasteiger partial charge on any atom is -0.459 e. The highest BCUT2D eigenvalue weighted by atomic mass is 35.6. The fourth-order valence-electron chi connectivity index (χ4n) is 2.11. The number of carbonyl (C=O) groups excluding carboxylic acids is 1. The van der Waals surface area contributed by atoms with Gasteiger partial charge in [0.15, 0.2) is 5.76 Å². The van der Waals surface area contributed by atoms with Crippen molar-refractivity contribution in [2.24, 2.45) is 0 Å². The van der Waals surface area contributed by atoms with Gasteiger partial charge in [0.05, 0.1) is 13.3 Å². The molecule has 0 saturated carbocycles. The van der Waals surface area contributed by atoms with Crippen LogP contribution in [0.15, 0.2) is 53.1 Å². The summed E-state index contributed by atoms with van der Waals surface area (Å²) in [5.74, 6) is -0.250. The van der Waals surface area contributed by atoms with Crippen LogP contribution in [0.4, 0.5) is 0 Å². The molecule has 0 aliphatic carbocycles. The second kappa shape index (κ2) is 7.38. The summed E-state index contributed by atoms with van der Waals surface area (Å²) in [7, 11) is 1.85. The molecule has 1 aromatic heterocycles. The van der Waals surface area contributed by atoms with Gasteiger partial charge in [-0.15, -0.1) is 0 Å². The summed E-state index contributed by atoms with van der Waals surface area (Å²) in [6, 6.07) is 12.9. The summed E-state index contributed by atoms with van der Waals surface area (Å²) < 4.78 is 3.40. The minimum atomic E-state index is -1.65. The number of amides is 1. The number of halogens is 3. The highest BCUT2D eigenvalue weighted by molar-refractivity contribution is 6.68. The van der Waals surface area contributed by atoms with Gasteiger partial charge in [0.25, 0.3) is 9.70 Å². The Bertz CT molecular complexity index is 597. The first kappa shape index (κ1) is 17.2. The molecule has 0 bridgehead atoms. The van der Waals surface area contributed by atoms with E-state index in [0.717, 1.165) is 10.5 Å². The van der Waals surface area contributed by atoms with E-state index >= 15 is 0 Å². The molecule has 118 valence electrons. The number of quaternary nitrogens is 1. The normalized spacial score (nSPS) is 14.4. The molecule has 1 aromatic carbocycles. The summed E-state index contributed by atoms with van der Waals surface area (Å²) in [6.45, 7) is 0.595. The average Bonchev–Trinajstić information content (AvgIpc) is 2.98. The average molecular weight is 363 g/mol. The van der Waals surface area contributed by atoms with E-state index < -0.39 is 15.9 Å². The topological polar surface area (TPSA) is 46.7 Å². The Balaban J connectivity index is 2.10. The van der Waals surface area contributed by atoms with Crippen molar-refractivity contribution in [1.82, 2.24) is 5.32 Å². The van der Waals surface area contributed by atoms with Crippen molar-refractivity contribution in [1.29, 1.82) is 0 Å². The number of nitrogens with one attached hydrogen (secondary N) is 2. The zero-order valence-corrected chi connectivity index (χ0v) is 14.1. The molecule has 2 atom stereocenters. The molecule has 2 N–H and O–H groups in total. The Morgan fingerprint density at radius 2 is 1.91 bits per heavy atom. The molecule has 2 rings (SSSR count). The summed E-state index contributed by atoms with van der Waals surface area (Å²) >= 11 is 18.1. The lowest BCUT2D eigenvalue weighted by Gasteiger charge is -2.30. The maximum absolute atomic E-state index is 12.1. The first-order valence-corrected chi connectivity index (χ1v) is 7.78. The molecule has 0 saturated heterocycles. The van der Waals surface area contributed by atoms with Gasteiger partial charge in [0.1, 0.15) is 6.54 Å². The molecule has 0 fully saturated rings. The first-order valence-electron chi connectivity index (χ1n) is 6.65. The molecule has 0 spiro atoms. The van der Waals surface area contributed by atoms with E-state index in [1.54, 1.807) is 12.1 Å². The number of hydrogen-bond donors (Lipinski definition) is 2. The molecule has 2 unspecified atom stereocenters. The molecule has 2 aromatic rings. The van der Waals surface area contributed by atoms with Crippen LogP contribution in [0.3, 0.4) is 0 Å². The zero-order valence-electron chi connectivity index (χ0n) is 11.9. The van der Waals surface area contributed by atoms with E-state index in [-0.39, 0.29) is 5.76 Å². The van der Waals surface area contributed by atoms with Gasteiger partial charge in [0.2, 0.25) is 6.17 Å². The van der Waals surface area contributed by atoms with E-state index in [1.807, 2.05) is 37.4 Å². The van der Waals surface area contributed by atoms with Crippen LogP contribution in [0.5, 0.6) is 0 Å². The largest absolute Gasteiger partial charge is 0.459 e. The van der Waals surface area contributed by atoms with E-state index in [4.69, 9.17) is 39.2 Å². The van der Waals surface area contributed by atoms with E-state index in [9.17, 15) is 4.79 Å². The lowest BCUT2D eigenvalue weighted by molar-refractivity contribution is -0.921. The Kier molecular flexibility index (Phi) is 5.75. The maximum atomic E-state index is 12.1. The summed E-state index contributed by atoms with van der Waals surface area (Å²) in [6.07, 6.45) is 0.690. The van der Waals surface area contributed by atoms with E-state index in [1.165, 1.54) is 6.26 Å². The Morgan fingerprint density at radius 3 is 2.45 bits per heavy atom. The fourth-order valence-corrected chi connectivity index (χ4v) is 2.84. The second-order valence-corrected chi connectivity index (χ2v) is 7.30. The smallest absolute Gasteiger partial charge is 0.291 e. The van der Waals surface area contributed by atoms with Crippen LogP contribution in [-0.2, 0) is 6.54 Å². The van der Waals surface area contributed by atoms with E-state index in [2.05, 4.69) is 5.32 Å². The van der Waals surface area contributed by atoms with E-state index in [0.29, 0.717) is 6.54 Å². The molecule has 4 nitrogen and oxygen atoms in total. The van der Waals surface area contributed by atoms with Crippen molar-refractivity contribution in [3.8, 4) is 0 Å². The number of rotatable bonds is 5. The van der Waals surface area contributed by atoms with Gasteiger partial charge in [-0.3, -0.25) is 10.1 Å². The lowest BCUT2D eigenvalue weighted by atomic mass is 10.2. The number of carbonyl (C=O) groups is 1. The van der Waals surface area contributed by atoms with Crippen molar-refractivity contribution in [2.75, 3.05) is 7.05 Å². The fraction of sp³-hybridized carbons (Fsp3) is 0.267. The number of benzene rings is 1. The lowest BCUT2D eigenvalue weighted by Crippen LogP contribution is -3.15. The third-order valence-electron chi connectivity index (χ3n) is 3.17. The predicted octanol–water partition coefficient (Wildman–Crippen LogP) is 2.42. The number of furan rings is 1. The highest BCUT2D eigenvalue weighted by Crippen LogP contribution is 2.28. The molecule has 0 radical (unpaired) electrons. The van der Waals surface area contributed by atoms with Gasteiger partial charge in [0, 0.05) is 5.56 Å². The molecule has 0 aliphatic rings. The maximum Gasteiger partial charge on any atom is 0.291 e. The second-order valence-electron chi connectivity index (χ2n) is 4.93. The van der Waals surface area contributed by atoms with Crippen molar-refractivity contribution in [2.45, 2.75) is 16.5 Å². The summed E-state index contributed by atoms with van der Waals surface area (Å²) in [5.41, 5.74) is 1.08. The van der Waals surface area contributed by atoms with Crippen molar-refractivity contribution in [3.63, 3.8) is 0 Å². The number of hydrogen-bond acceptors (Lipinski definition) is 2. The van der Waals surface area contributed by atoms with Crippen LogP contribution in [0.2, 0.25) is 0 Å². The molecule has 7 heteroatoms. The van der Waals surface area contributed by atoms with Crippen LogP contribution in [0.25, 0.3) is 0 Å². The zero-order chi connectivity index (χ0) is 16.2. The highest BCUT2D eigenvalue weighted by Gasteiger charge is 2.41. The third-order valence-corrected chi connectivity index (χ3v) is 3.82. The van der Waals surface area contributed by atoms with Gasteiger partial charge in [-0.2, -0.15) is 0 Å². The van der Waals surface area contributed by atoms with Gasteiger partial charge in [-0.25, -0.2) is 0 Å². The molecular formula is C15H16Cl3N2O2+. The van der Waals surface area contributed by atoms with Crippen LogP contribution < -0.4 is 10.2 Å². The van der Waals surface area contributed by atoms with Gasteiger partial charge >= 0.3 is 0 Å². The van der Waals surface area contributed by atoms with Crippen molar-refractivity contribution in [3.05, 3.63) is 60.1 Å². The van der Waals surface area contributed by atoms with Crippen molar-refractivity contribution >= 4 is 40.7 Å². The molecule has 0 aliphatic heterocycles. The van der Waals surface area contributed by atoms with Crippen LogP contribution >= 0.6 is 34.8 Å². The molecule has 1 amide bonds. The first-order chi connectivity index (χ1) is 10.4. The standard InChI is InChI=1S/C15H15Cl3N2O2/c1-20(10-11-6-3-2-4-7-11)14(15(16,17)18)19-13(21)12-8-5-9-22-12/h2-9,14H,10H2,1H3,(H,19,21)/p+1. The van der Waals surface area contributed by atoms with Gasteiger partial charge < -0.3 is 9.32 Å². The predicted molar refractivity (Wildman–Crippen MR) is 87.3 cm³/mol. The van der Waals surface area contributed by atoms with Crippen LogP contribution in [0.1, 0.15) is 16.1 Å². The molecular weight excluding hydrogens is 347 g/mol. The Hall–Kier alpha value is -1.20. The van der Waals surface area contributed by atoms with Crippen LogP contribution in [-0.4, -0.2) is 22.9 Å². The van der Waals surface area contributed by atoms with Crippen LogP contribution in [0, 0.1) is 0 Å². The van der Waals surface area contributed by atoms with Gasteiger partial charge in [-0.1, -0.05) is 65.1 Å². The Morgan fingerprint density at radius 1 is 1.23 bits per heavy atom. The van der Waals surface area contributed by atoms with Gasteiger partial charge in [-0.05, 0) is 12.1 Å². The molecule has 1 heterocycles. The quantitative estimate of drug-likeness (QED) is 0.634. The summed E-state index contributed by atoms with van der Waals surface area (Å²) in [5, 5.41) is 2.71. The Labute approximate surface area is 143 Å². The molecule has 22 heavy (non-hydrogen) atoms. The third kappa shape index (κ3) is 4.65. The monoisotopic (exact) mass is 361 g/mol. The minimum absolute atomic E-state index is 0.173.